The quantitative estimate of drug-likeness (QED) is 0.196. The first-order valence-corrected chi connectivity index (χ1v) is 17.3. The Hall–Kier alpha value is -6.26. The van der Waals surface area contributed by atoms with Gasteiger partial charge in [0.2, 0.25) is 0 Å². The molecule has 240 valence electrons. The summed E-state index contributed by atoms with van der Waals surface area (Å²) in [5, 5.41) is 3.47. The van der Waals surface area contributed by atoms with E-state index in [1.54, 1.807) is 0 Å². The minimum atomic E-state index is -0.495. The van der Waals surface area contributed by atoms with Crippen molar-refractivity contribution in [2.45, 2.75) is 18.3 Å². The molecule has 3 heterocycles. The van der Waals surface area contributed by atoms with Crippen molar-refractivity contribution in [2.24, 2.45) is 0 Å². The second-order valence-corrected chi connectivity index (χ2v) is 12.9. The van der Waals surface area contributed by atoms with Crippen molar-refractivity contribution in [3.05, 3.63) is 198 Å². The Morgan fingerprint density at radius 3 is 2.00 bits per heavy atom. The van der Waals surface area contributed by atoms with Crippen molar-refractivity contribution < 1.29 is 4.74 Å². The lowest BCUT2D eigenvalue weighted by Gasteiger charge is -2.42. The van der Waals surface area contributed by atoms with Gasteiger partial charge >= 0.3 is 0 Å². The number of ether oxygens (including phenoxy) is 1. The Morgan fingerprint density at radius 2 is 1.28 bits per heavy atom. The fourth-order valence-electron chi connectivity index (χ4n) is 7.53. The molecule has 50 heavy (non-hydrogen) atoms. The van der Waals surface area contributed by atoms with E-state index in [0.717, 1.165) is 81.4 Å². The van der Waals surface area contributed by atoms with Crippen LogP contribution in [0.5, 0.6) is 11.5 Å². The maximum absolute atomic E-state index is 6.50. The van der Waals surface area contributed by atoms with Gasteiger partial charge in [0.05, 0.1) is 22.5 Å². The Morgan fingerprint density at radius 1 is 0.580 bits per heavy atom. The van der Waals surface area contributed by atoms with E-state index in [9.17, 15) is 0 Å². The fourth-order valence-corrected chi connectivity index (χ4v) is 7.53. The van der Waals surface area contributed by atoms with Gasteiger partial charge in [-0.2, -0.15) is 0 Å². The Labute approximate surface area is 292 Å². The first-order valence-electron chi connectivity index (χ1n) is 17.3. The minimum Gasteiger partial charge on any atom is -0.457 e. The van der Waals surface area contributed by atoms with Crippen molar-refractivity contribution in [3.63, 3.8) is 0 Å². The normalized spacial score (nSPS) is 15.5. The van der Waals surface area contributed by atoms with Crippen molar-refractivity contribution in [1.29, 1.82) is 0 Å². The van der Waals surface area contributed by atoms with Gasteiger partial charge in [-0.1, -0.05) is 140 Å². The van der Waals surface area contributed by atoms with Crippen molar-refractivity contribution >= 4 is 5.70 Å². The van der Waals surface area contributed by atoms with Crippen LogP contribution in [-0.2, 0) is 5.41 Å². The summed E-state index contributed by atoms with van der Waals surface area (Å²) in [4.78, 5) is 10.0. The molecule has 0 bridgehead atoms. The third-order valence-electron chi connectivity index (χ3n) is 9.88. The van der Waals surface area contributed by atoms with Crippen LogP contribution in [0.25, 0.3) is 39.5 Å². The average Bonchev–Trinajstić information content (AvgIpc) is 3.21. The second-order valence-electron chi connectivity index (χ2n) is 12.9. The topological polar surface area (TPSA) is 47.0 Å². The molecule has 0 saturated heterocycles. The number of nitrogens with zero attached hydrogens (tertiary/aromatic N) is 2. The summed E-state index contributed by atoms with van der Waals surface area (Å²) in [5.41, 5.74) is 11.4. The molecule has 0 spiro atoms. The highest BCUT2D eigenvalue weighted by Gasteiger charge is 2.45. The molecule has 0 fully saturated rings. The number of rotatable bonds is 6. The molecule has 4 nitrogen and oxygen atoms in total. The Kier molecular flexibility index (Phi) is 7.55. The molecule has 3 aliphatic rings. The predicted octanol–water partition coefficient (Wildman–Crippen LogP) is 10.7. The molecule has 5 aromatic carbocycles. The summed E-state index contributed by atoms with van der Waals surface area (Å²) in [7, 11) is 0. The van der Waals surface area contributed by atoms with E-state index in [1.807, 2.05) is 18.2 Å². The maximum Gasteiger partial charge on any atom is 0.160 e. The standard InChI is InChI=1S/C46H35N3O/c1-3-14-33(15-4-1)45-48-41(31-42(49-45)40-22-11-12-29-47-40)35-17-13-16-34(30-35)32-25-27-37(28-26-32)46(36-18-5-2-6-19-36)38-20-7-9-23-43(38)50-44-24-10-8-21-39(44)46/h1,3-5,7-28,30-31,47H,2,6,29H2. The molecular formula is C46H35N3O. The van der Waals surface area contributed by atoms with Crippen LogP contribution in [0.3, 0.4) is 0 Å². The highest BCUT2D eigenvalue weighted by Crippen LogP contribution is 2.56. The van der Waals surface area contributed by atoms with Gasteiger partial charge in [0.1, 0.15) is 11.5 Å². The van der Waals surface area contributed by atoms with Gasteiger partial charge in [-0.3, -0.25) is 0 Å². The van der Waals surface area contributed by atoms with Crippen molar-refractivity contribution in [3.8, 4) is 45.3 Å². The van der Waals surface area contributed by atoms with Gasteiger partial charge < -0.3 is 10.1 Å². The van der Waals surface area contributed by atoms with Gasteiger partial charge in [-0.05, 0) is 65.4 Å². The number of benzene rings is 5. The molecule has 0 unspecified atom stereocenters. The van der Waals surface area contributed by atoms with E-state index in [-0.39, 0.29) is 0 Å². The van der Waals surface area contributed by atoms with Crippen LogP contribution in [0.2, 0.25) is 0 Å². The first kappa shape index (κ1) is 29.8. The summed E-state index contributed by atoms with van der Waals surface area (Å²) >= 11 is 0. The molecule has 9 rings (SSSR count). The van der Waals surface area contributed by atoms with Crippen LogP contribution in [0.1, 0.15) is 35.2 Å². The van der Waals surface area contributed by atoms with E-state index in [0.29, 0.717) is 5.82 Å². The fraction of sp³-hybridized carbons (Fsp3) is 0.0870. The maximum atomic E-state index is 6.50. The van der Waals surface area contributed by atoms with Crippen LogP contribution in [0.4, 0.5) is 0 Å². The number of nitrogens with one attached hydrogen (secondary N) is 1. The molecule has 0 radical (unpaired) electrons. The third kappa shape index (κ3) is 5.17. The molecule has 0 saturated carbocycles. The minimum absolute atomic E-state index is 0.495. The average molecular weight is 646 g/mol. The third-order valence-corrected chi connectivity index (χ3v) is 9.88. The van der Waals surface area contributed by atoms with Crippen molar-refractivity contribution in [2.75, 3.05) is 6.54 Å². The molecular weight excluding hydrogens is 611 g/mol. The lowest BCUT2D eigenvalue weighted by atomic mass is 9.62. The van der Waals surface area contributed by atoms with Crippen LogP contribution < -0.4 is 10.1 Å². The summed E-state index contributed by atoms with van der Waals surface area (Å²) in [6, 6.07) is 47.0. The molecule has 0 atom stereocenters. The number of allylic oxidation sites excluding steroid dienone is 6. The SMILES string of the molecule is C1=CCNC(c2cc(-c3cccc(-c4ccc(C5(C6=CCCC=C6)c6ccccc6Oc6ccccc65)cc4)c3)nc(-c3ccccc3)n2)=C1. The highest BCUT2D eigenvalue weighted by molar-refractivity contribution is 5.77. The summed E-state index contributed by atoms with van der Waals surface area (Å²) in [6.07, 6.45) is 15.3. The zero-order valence-corrected chi connectivity index (χ0v) is 27.6. The van der Waals surface area contributed by atoms with Gasteiger partial charge in [-0.15, -0.1) is 0 Å². The summed E-state index contributed by atoms with van der Waals surface area (Å²) < 4.78 is 6.50. The molecule has 4 heteroatoms. The first-order chi connectivity index (χ1) is 24.8. The number of hydrogen-bond acceptors (Lipinski definition) is 4. The van der Waals surface area contributed by atoms with Gasteiger partial charge in [0, 0.05) is 28.8 Å². The zero-order valence-electron chi connectivity index (χ0n) is 27.6. The number of hydrogen-bond donors (Lipinski definition) is 1. The Bertz CT molecular complexity index is 2300. The molecule has 6 aromatic rings. The van der Waals surface area contributed by atoms with Crippen molar-refractivity contribution in [1.82, 2.24) is 15.3 Å². The van der Waals surface area contributed by atoms with Crippen LogP contribution in [-0.4, -0.2) is 16.5 Å². The molecule has 1 aliphatic carbocycles. The lowest BCUT2D eigenvalue weighted by molar-refractivity contribution is 0.434. The smallest absolute Gasteiger partial charge is 0.160 e. The van der Waals surface area contributed by atoms with Crippen LogP contribution >= 0.6 is 0 Å². The van der Waals surface area contributed by atoms with E-state index in [2.05, 4.69) is 157 Å². The van der Waals surface area contributed by atoms with Gasteiger partial charge in [0.25, 0.3) is 0 Å². The van der Waals surface area contributed by atoms with Crippen LogP contribution in [0.15, 0.2) is 175 Å². The number of para-hydroxylation sites is 2. The number of fused-ring (bicyclic) bond motifs is 2. The number of dihydropyridines is 1. The Balaban J connectivity index is 1.15. The van der Waals surface area contributed by atoms with Gasteiger partial charge in [-0.25, -0.2) is 9.97 Å². The highest BCUT2D eigenvalue weighted by atomic mass is 16.5. The van der Waals surface area contributed by atoms with Gasteiger partial charge in [0.15, 0.2) is 5.82 Å². The van der Waals surface area contributed by atoms with E-state index in [4.69, 9.17) is 14.7 Å². The predicted molar refractivity (Wildman–Crippen MR) is 203 cm³/mol. The number of aromatic nitrogens is 2. The second kappa shape index (κ2) is 12.6. The monoisotopic (exact) mass is 645 g/mol. The largest absolute Gasteiger partial charge is 0.457 e. The zero-order chi connectivity index (χ0) is 33.3. The van der Waals surface area contributed by atoms with E-state index >= 15 is 0 Å². The summed E-state index contributed by atoms with van der Waals surface area (Å²) in [6.45, 7) is 0.774. The molecule has 2 aliphatic heterocycles. The summed E-state index contributed by atoms with van der Waals surface area (Å²) in [5.74, 6) is 2.51. The van der Waals surface area contributed by atoms with E-state index < -0.39 is 5.41 Å². The van der Waals surface area contributed by atoms with E-state index in [1.165, 1.54) is 11.1 Å². The molecule has 1 aromatic heterocycles. The molecule has 0 amide bonds. The van der Waals surface area contributed by atoms with Crippen LogP contribution in [0, 0.1) is 0 Å². The lowest BCUT2D eigenvalue weighted by Crippen LogP contribution is -2.34. The molecule has 1 N–H and O–H groups in total.